The first-order valence-electron chi connectivity index (χ1n) is 9.79. The second-order valence-electron chi connectivity index (χ2n) is 7.29. The molecule has 0 unspecified atom stereocenters. The van der Waals surface area contributed by atoms with Gasteiger partial charge >= 0.3 is 5.97 Å². The molecule has 2 heterocycles. The Morgan fingerprint density at radius 3 is 2.60 bits per heavy atom. The number of carboxylic acid groups (broad SMARTS) is 1. The molecule has 2 atom stereocenters. The molecule has 1 aliphatic rings. The minimum atomic E-state index is -1.00. The molecule has 1 amide bonds. The van der Waals surface area contributed by atoms with Crippen molar-refractivity contribution in [3.63, 3.8) is 0 Å². The lowest BCUT2D eigenvalue weighted by Crippen LogP contribution is -2.49. The third kappa shape index (κ3) is 4.03. The largest absolute Gasteiger partial charge is 0.489 e. The van der Waals surface area contributed by atoms with E-state index in [0.717, 1.165) is 12.8 Å². The molecule has 0 bridgehead atoms. The van der Waals surface area contributed by atoms with Crippen molar-refractivity contribution in [2.75, 3.05) is 6.54 Å². The number of nitrogens with zero attached hydrogens (tertiary/aromatic N) is 4. The summed E-state index contributed by atoms with van der Waals surface area (Å²) in [5.41, 5.74) is 1.32. The molecule has 4 rings (SSSR count). The molecule has 0 radical (unpaired) electrons. The minimum Gasteiger partial charge on any atom is -0.489 e. The molecule has 8 nitrogen and oxygen atoms in total. The van der Waals surface area contributed by atoms with Gasteiger partial charge in [0.25, 0.3) is 5.91 Å². The van der Waals surface area contributed by atoms with Crippen LogP contribution in [0.4, 0.5) is 0 Å². The zero-order valence-corrected chi connectivity index (χ0v) is 16.5. The highest BCUT2D eigenvalue weighted by Gasteiger charge is 2.32. The summed E-state index contributed by atoms with van der Waals surface area (Å²) < 4.78 is 6.03. The number of carbonyl (C=O) groups excluding carboxylic acids is 1. The van der Waals surface area contributed by atoms with Crippen LogP contribution in [0.3, 0.4) is 0 Å². The van der Waals surface area contributed by atoms with Crippen molar-refractivity contribution < 1.29 is 19.4 Å². The van der Waals surface area contributed by atoms with Gasteiger partial charge in [-0.05, 0) is 50.1 Å². The quantitative estimate of drug-likeness (QED) is 0.699. The Balaban J connectivity index is 1.54. The number of hydrogen-bond donors (Lipinski definition) is 1. The molecule has 1 fully saturated rings. The Bertz CT molecular complexity index is 1050. The fraction of sp³-hybridized carbons (Fsp3) is 0.273. The normalized spacial score (nSPS) is 18.8. The van der Waals surface area contributed by atoms with Crippen LogP contribution in [0.2, 0.25) is 0 Å². The number of carbonyl (C=O) groups is 2. The van der Waals surface area contributed by atoms with Crippen molar-refractivity contribution in [2.45, 2.75) is 31.9 Å². The number of rotatable bonds is 5. The maximum Gasteiger partial charge on any atom is 0.335 e. The fourth-order valence-electron chi connectivity index (χ4n) is 3.67. The fourth-order valence-corrected chi connectivity index (χ4v) is 3.67. The molecule has 154 valence electrons. The predicted octanol–water partition coefficient (Wildman–Crippen LogP) is 3.04. The van der Waals surface area contributed by atoms with Gasteiger partial charge < -0.3 is 14.7 Å². The van der Waals surface area contributed by atoms with Crippen molar-refractivity contribution in [1.29, 1.82) is 0 Å². The average molecular weight is 406 g/mol. The lowest BCUT2D eigenvalue weighted by atomic mass is 9.99. The summed E-state index contributed by atoms with van der Waals surface area (Å²) in [6.07, 6.45) is 4.49. The van der Waals surface area contributed by atoms with E-state index in [1.54, 1.807) is 35.5 Å². The summed E-state index contributed by atoms with van der Waals surface area (Å²) in [5.74, 6) is -0.621. The summed E-state index contributed by atoms with van der Waals surface area (Å²) >= 11 is 0. The number of aromatic nitrogens is 3. The minimum absolute atomic E-state index is 0.0568. The van der Waals surface area contributed by atoms with Crippen LogP contribution < -0.4 is 4.74 Å². The smallest absolute Gasteiger partial charge is 0.335 e. The van der Waals surface area contributed by atoms with E-state index in [1.165, 1.54) is 16.9 Å². The molecular weight excluding hydrogens is 384 g/mol. The van der Waals surface area contributed by atoms with E-state index in [0.29, 0.717) is 23.5 Å². The van der Waals surface area contributed by atoms with Crippen LogP contribution in [0.25, 0.3) is 5.69 Å². The Morgan fingerprint density at radius 2 is 1.83 bits per heavy atom. The van der Waals surface area contributed by atoms with Crippen molar-refractivity contribution in [3.8, 4) is 11.4 Å². The first-order valence-corrected chi connectivity index (χ1v) is 9.79. The number of likely N-dealkylation sites (tertiary alicyclic amines) is 1. The van der Waals surface area contributed by atoms with Gasteiger partial charge in [0.2, 0.25) is 0 Å². The van der Waals surface area contributed by atoms with Crippen molar-refractivity contribution in [3.05, 3.63) is 72.1 Å². The van der Waals surface area contributed by atoms with Gasteiger partial charge in [0.15, 0.2) is 0 Å². The molecule has 30 heavy (non-hydrogen) atoms. The van der Waals surface area contributed by atoms with E-state index in [4.69, 9.17) is 4.74 Å². The monoisotopic (exact) mass is 406 g/mol. The van der Waals surface area contributed by atoms with E-state index in [-0.39, 0.29) is 23.6 Å². The van der Waals surface area contributed by atoms with Crippen LogP contribution >= 0.6 is 0 Å². The molecule has 0 aliphatic carbocycles. The maximum atomic E-state index is 13.4. The average Bonchev–Trinajstić information content (AvgIpc) is 3.29. The highest BCUT2D eigenvalue weighted by Crippen LogP contribution is 2.25. The third-order valence-electron chi connectivity index (χ3n) is 5.25. The van der Waals surface area contributed by atoms with Crippen LogP contribution in [-0.4, -0.2) is 55.6 Å². The Morgan fingerprint density at radius 1 is 1.07 bits per heavy atom. The number of aromatic carboxylic acids is 1. The predicted molar refractivity (Wildman–Crippen MR) is 109 cm³/mol. The van der Waals surface area contributed by atoms with Gasteiger partial charge in [-0.25, -0.2) is 4.79 Å². The lowest BCUT2D eigenvalue weighted by molar-refractivity contribution is 0.0384. The van der Waals surface area contributed by atoms with Crippen molar-refractivity contribution >= 4 is 11.9 Å². The molecular formula is C22H22N4O4. The van der Waals surface area contributed by atoms with Crippen LogP contribution in [0.15, 0.2) is 60.9 Å². The number of para-hydroxylation sites is 1. The van der Waals surface area contributed by atoms with Gasteiger partial charge in [-0.15, -0.1) is 0 Å². The first kappa shape index (κ1) is 19.6. The van der Waals surface area contributed by atoms with Gasteiger partial charge in [0, 0.05) is 6.04 Å². The zero-order chi connectivity index (χ0) is 21.1. The molecule has 8 heteroatoms. The second-order valence-corrected chi connectivity index (χ2v) is 7.29. The second kappa shape index (κ2) is 8.36. The van der Waals surface area contributed by atoms with Crippen LogP contribution in [-0.2, 0) is 0 Å². The van der Waals surface area contributed by atoms with E-state index < -0.39 is 5.97 Å². The Labute approximate surface area is 173 Å². The van der Waals surface area contributed by atoms with Crippen molar-refractivity contribution in [2.24, 2.45) is 0 Å². The summed E-state index contributed by atoms with van der Waals surface area (Å²) in [4.78, 5) is 27.8. The Hall–Kier alpha value is -3.68. The van der Waals surface area contributed by atoms with E-state index in [9.17, 15) is 14.7 Å². The van der Waals surface area contributed by atoms with Gasteiger partial charge in [0.1, 0.15) is 11.9 Å². The summed E-state index contributed by atoms with van der Waals surface area (Å²) in [5, 5.41) is 17.5. The van der Waals surface area contributed by atoms with Gasteiger partial charge in [-0.2, -0.15) is 15.0 Å². The molecule has 0 saturated carbocycles. The first-order chi connectivity index (χ1) is 14.5. The number of hydrogen-bond acceptors (Lipinski definition) is 5. The number of ether oxygens (including phenoxy) is 1. The molecule has 1 aromatic heterocycles. The zero-order valence-electron chi connectivity index (χ0n) is 16.5. The maximum absolute atomic E-state index is 13.4. The molecule has 1 saturated heterocycles. The van der Waals surface area contributed by atoms with Gasteiger partial charge in [0.05, 0.1) is 35.8 Å². The van der Waals surface area contributed by atoms with Gasteiger partial charge in [-0.3, -0.25) is 4.79 Å². The third-order valence-corrected chi connectivity index (χ3v) is 5.25. The van der Waals surface area contributed by atoms with E-state index >= 15 is 0 Å². The Kier molecular flexibility index (Phi) is 5.47. The van der Waals surface area contributed by atoms with Crippen LogP contribution in [0.5, 0.6) is 5.75 Å². The molecule has 1 N–H and O–H groups in total. The lowest BCUT2D eigenvalue weighted by Gasteiger charge is -2.38. The van der Waals surface area contributed by atoms with Crippen LogP contribution in [0, 0.1) is 0 Å². The molecule has 0 spiro atoms. The summed E-state index contributed by atoms with van der Waals surface area (Å²) in [6, 6.07) is 13.7. The molecule has 3 aromatic rings. The van der Waals surface area contributed by atoms with Gasteiger partial charge in [-0.1, -0.05) is 18.2 Å². The number of piperidine rings is 1. The van der Waals surface area contributed by atoms with Crippen LogP contribution in [0.1, 0.15) is 40.5 Å². The van der Waals surface area contributed by atoms with Crippen molar-refractivity contribution in [1.82, 2.24) is 19.9 Å². The topological polar surface area (TPSA) is 97.6 Å². The molecule has 1 aliphatic heterocycles. The number of carboxylic acids is 1. The highest BCUT2D eigenvalue weighted by molar-refractivity contribution is 5.98. The number of amides is 1. The highest BCUT2D eigenvalue weighted by atomic mass is 16.5. The SMILES string of the molecule is C[C@@H]1CC[C@@H](Oc2cccc(C(=O)O)c2)CN1C(=O)c1ccccc1-n1nccn1. The summed E-state index contributed by atoms with van der Waals surface area (Å²) in [6.45, 7) is 2.44. The molecule has 2 aromatic carbocycles. The standard InChI is InChI=1S/C22H22N4O4/c1-15-9-10-18(30-17-6-4-5-16(13-17)22(28)29)14-25(15)21(27)19-7-2-3-8-20(19)26-23-11-12-24-26/h2-8,11-13,15,18H,9-10,14H2,1H3,(H,28,29)/t15-,18-/m1/s1. The van der Waals surface area contributed by atoms with E-state index in [1.807, 2.05) is 25.1 Å². The summed E-state index contributed by atoms with van der Waals surface area (Å²) in [7, 11) is 0. The van der Waals surface area contributed by atoms with E-state index in [2.05, 4.69) is 10.2 Å². The number of benzene rings is 2.